The van der Waals surface area contributed by atoms with Gasteiger partial charge in [-0.15, -0.1) is 21.5 Å². The highest BCUT2D eigenvalue weighted by Gasteiger charge is 2.21. The lowest BCUT2D eigenvalue weighted by Gasteiger charge is -2.09. The van der Waals surface area contributed by atoms with E-state index in [-0.39, 0.29) is 5.91 Å². The number of nitrogens with one attached hydrogen (secondary N) is 1. The van der Waals surface area contributed by atoms with Crippen molar-refractivity contribution in [2.24, 2.45) is 0 Å². The number of carbonyl (C=O) groups is 1. The summed E-state index contributed by atoms with van der Waals surface area (Å²) in [6.07, 6.45) is 6.25. The molecule has 0 bridgehead atoms. The van der Waals surface area contributed by atoms with Gasteiger partial charge >= 0.3 is 0 Å². The molecule has 9 heteroatoms. The van der Waals surface area contributed by atoms with E-state index < -0.39 is 0 Å². The van der Waals surface area contributed by atoms with Gasteiger partial charge in [0.15, 0.2) is 5.16 Å². The Kier molecular flexibility index (Phi) is 6.66. The maximum Gasteiger partial charge on any atom is 0.225 e. The number of methoxy groups -OCH3 is 1. The second-order valence-electron chi connectivity index (χ2n) is 5.97. The maximum atomic E-state index is 12.3. The molecule has 2 aromatic heterocycles. The smallest absolute Gasteiger partial charge is 0.225 e. The van der Waals surface area contributed by atoms with Gasteiger partial charge in [0.05, 0.1) is 12.2 Å². The van der Waals surface area contributed by atoms with Gasteiger partial charge in [-0.2, -0.15) is 5.26 Å². The van der Waals surface area contributed by atoms with Crippen LogP contribution in [0.2, 0.25) is 0 Å². The van der Waals surface area contributed by atoms with Gasteiger partial charge in [-0.3, -0.25) is 4.79 Å². The molecule has 0 aromatic carbocycles. The van der Waals surface area contributed by atoms with Gasteiger partial charge in [0, 0.05) is 30.7 Å². The number of hydrogen-bond donors (Lipinski definition) is 1. The molecule has 0 unspecified atom stereocenters. The Morgan fingerprint density at radius 2 is 2.35 bits per heavy atom. The van der Waals surface area contributed by atoms with Crippen molar-refractivity contribution in [2.75, 3.05) is 24.8 Å². The summed E-state index contributed by atoms with van der Waals surface area (Å²) in [4.78, 5) is 13.5. The standard InChI is InChI=1S/C17H21N5O2S2/c1-24-8-7-22-11-19-21-17(22)25-9-6-15(23)20-16-13(10-18)12-4-2-3-5-14(12)26-16/h11H,2-9H2,1H3,(H,20,23). The van der Waals surface area contributed by atoms with Crippen LogP contribution in [-0.4, -0.2) is 40.1 Å². The van der Waals surface area contributed by atoms with E-state index in [4.69, 9.17) is 4.74 Å². The number of aromatic nitrogens is 3. The number of rotatable bonds is 8. The largest absolute Gasteiger partial charge is 0.383 e. The quantitative estimate of drug-likeness (QED) is 0.696. The van der Waals surface area contributed by atoms with Crippen LogP contribution in [0.1, 0.15) is 35.3 Å². The van der Waals surface area contributed by atoms with Crippen LogP contribution in [0.3, 0.4) is 0 Å². The average Bonchev–Trinajstić information content (AvgIpc) is 3.23. The van der Waals surface area contributed by atoms with E-state index in [0.29, 0.717) is 35.9 Å². The molecule has 7 nitrogen and oxygen atoms in total. The molecule has 0 radical (unpaired) electrons. The number of fused-ring (bicyclic) bond motifs is 1. The molecule has 0 saturated heterocycles. The van der Waals surface area contributed by atoms with E-state index in [2.05, 4.69) is 21.6 Å². The third-order valence-corrected chi connectivity index (χ3v) is 6.40. The number of ether oxygens (including phenoxy) is 1. The highest BCUT2D eigenvalue weighted by molar-refractivity contribution is 7.99. The van der Waals surface area contributed by atoms with Crippen molar-refractivity contribution in [3.8, 4) is 6.07 Å². The van der Waals surface area contributed by atoms with Crippen molar-refractivity contribution in [3.63, 3.8) is 0 Å². The van der Waals surface area contributed by atoms with Crippen LogP contribution in [0.4, 0.5) is 5.00 Å². The zero-order valence-corrected chi connectivity index (χ0v) is 16.3. The summed E-state index contributed by atoms with van der Waals surface area (Å²) in [5, 5.41) is 21.8. The minimum Gasteiger partial charge on any atom is -0.383 e. The Balaban J connectivity index is 1.53. The number of thiophene rings is 1. The fourth-order valence-corrected chi connectivity index (χ4v) is 5.03. The monoisotopic (exact) mass is 391 g/mol. The summed E-state index contributed by atoms with van der Waals surface area (Å²) in [7, 11) is 1.65. The van der Waals surface area contributed by atoms with Gasteiger partial charge in [-0.05, 0) is 31.2 Å². The molecule has 1 amide bonds. The fourth-order valence-electron chi connectivity index (χ4n) is 2.90. The number of aryl methyl sites for hydroxylation is 1. The SMILES string of the molecule is COCCn1cnnc1SCCC(=O)Nc1sc2c(c1C#N)CCCC2. The summed E-state index contributed by atoms with van der Waals surface area (Å²) >= 11 is 3.05. The minimum atomic E-state index is -0.0736. The van der Waals surface area contributed by atoms with Gasteiger partial charge < -0.3 is 14.6 Å². The lowest BCUT2D eigenvalue weighted by atomic mass is 9.96. The number of nitrogens with zero attached hydrogens (tertiary/aromatic N) is 4. The Morgan fingerprint density at radius 3 is 3.15 bits per heavy atom. The van der Waals surface area contributed by atoms with Crippen LogP contribution in [0.15, 0.2) is 11.5 Å². The number of nitriles is 1. The minimum absolute atomic E-state index is 0.0736. The first-order valence-electron chi connectivity index (χ1n) is 8.57. The van der Waals surface area contributed by atoms with Crippen LogP contribution in [0.25, 0.3) is 0 Å². The molecular formula is C17H21N5O2S2. The predicted octanol–water partition coefficient (Wildman–Crippen LogP) is 2.86. The normalized spacial score (nSPS) is 13.2. The van der Waals surface area contributed by atoms with Gasteiger partial charge in [-0.1, -0.05) is 11.8 Å². The van der Waals surface area contributed by atoms with E-state index in [0.717, 1.165) is 36.4 Å². The van der Waals surface area contributed by atoms with Crippen LogP contribution in [0.5, 0.6) is 0 Å². The first kappa shape index (κ1) is 18.9. The second kappa shape index (κ2) is 9.16. The number of hydrogen-bond acceptors (Lipinski definition) is 7. The maximum absolute atomic E-state index is 12.3. The Morgan fingerprint density at radius 1 is 1.50 bits per heavy atom. The van der Waals surface area contributed by atoms with Crippen LogP contribution in [-0.2, 0) is 28.9 Å². The molecule has 26 heavy (non-hydrogen) atoms. The summed E-state index contributed by atoms with van der Waals surface area (Å²) in [5.74, 6) is 0.528. The highest BCUT2D eigenvalue weighted by Crippen LogP contribution is 2.37. The second-order valence-corrected chi connectivity index (χ2v) is 8.14. The average molecular weight is 392 g/mol. The molecule has 0 fully saturated rings. The van der Waals surface area contributed by atoms with Crippen LogP contribution in [0, 0.1) is 11.3 Å². The van der Waals surface area contributed by atoms with Gasteiger partial charge in [-0.25, -0.2) is 0 Å². The number of carbonyl (C=O) groups excluding carboxylic acids is 1. The Labute approximate surface area is 160 Å². The molecule has 1 aliphatic rings. The number of anilines is 1. The Hall–Kier alpha value is -1.89. The molecule has 0 atom stereocenters. The van der Waals surface area contributed by atoms with Gasteiger partial charge in [0.1, 0.15) is 17.4 Å². The molecule has 0 spiro atoms. The van der Waals surface area contributed by atoms with E-state index in [1.54, 1.807) is 24.8 Å². The van der Waals surface area contributed by atoms with Crippen molar-refractivity contribution >= 4 is 34.0 Å². The molecule has 2 heterocycles. The van der Waals surface area contributed by atoms with Crippen molar-refractivity contribution in [1.82, 2.24) is 14.8 Å². The number of amides is 1. The molecule has 2 aromatic rings. The lowest BCUT2D eigenvalue weighted by Crippen LogP contribution is -2.12. The summed E-state index contributed by atoms with van der Waals surface area (Å²) in [5.41, 5.74) is 1.80. The van der Waals surface area contributed by atoms with E-state index in [9.17, 15) is 10.1 Å². The summed E-state index contributed by atoms with van der Waals surface area (Å²) < 4.78 is 6.97. The van der Waals surface area contributed by atoms with E-state index in [1.165, 1.54) is 16.6 Å². The van der Waals surface area contributed by atoms with Crippen molar-refractivity contribution in [3.05, 3.63) is 22.3 Å². The third-order valence-electron chi connectivity index (χ3n) is 4.21. The molecule has 0 aliphatic heterocycles. The number of thioether (sulfide) groups is 1. The highest BCUT2D eigenvalue weighted by atomic mass is 32.2. The van der Waals surface area contributed by atoms with Crippen molar-refractivity contribution in [1.29, 1.82) is 5.26 Å². The summed E-state index contributed by atoms with van der Waals surface area (Å²) in [6.45, 7) is 1.27. The third kappa shape index (κ3) is 4.44. The van der Waals surface area contributed by atoms with Gasteiger partial charge in [0.25, 0.3) is 0 Å². The zero-order valence-electron chi connectivity index (χ0n) is 14.7. The zero-order chi connectivity index (χ0) is 18.4. The first-order valence-corrected chi connectivity index (χ1v) is 10.4. The molecule has 138 valence electrons. The molecular weight excluding hydrogens is 370 g/mol. The molecule has 3 rings (SSSR count). The predicted molar refractivity (Wildman–Crippen MR) is 102 cm³/mol. The van der Waals surface area contributed by atoms with E-state index in [1.807, 2.05) is 4.57 Å². The van der Waals surface area contributed by atoms with Gasteiger partial charge in [0.2, 0.25) is 5.91 Å². The van der Waals surface area contributed by atoms with Crippen LogP contribution >= 0.6 is 23.1 Å². The lowest BCUT2D eigenvalue weighted by molar-refractivity contribution is -0.115. The summed E-state index contributed by atoms with van der Waals surface area (Å²) in [6, 6.07) is 2.27. The van der Waals surface area contributed by atoms with Crippen LogP contribution < -0.4 is 5.32 Å². The van der Waals surface area contributed by atoms with Crippen molar-refractivity contribution < 1.29 is 9.53 Å². The Bertz CT molecular complexity index is 809. The molecule has 1 N–H and O–H groups in total. The first-order chi connectivity index (χ1) is 12.7. The molecule has 0 saturated carbocycles. The fraction of sp³-hybridized carbons (Fsp3) is 0.529. The topological polar surface area (TPSA) is 92.8 Å². The molecule has 1 aliphatic carbocycles. The van der Waals surface area contributed by atoms with Crippen molar-refractivity contribution in [2.45, 2.75) is 43.8 Å². The van der Waals surface area contributed by atoms with E-state index >= 15 is 0 Å².